The second-order valence-corrected chi connectivity index (χ2v) is 4.91. The zero-order chi connectivity index (χ0) is 15.4. The Hall–Kier alpha value is -2.27. The van der Waals surface area contributed by atoms with Crippen molar-refractivity contribution >= 4 is 5.69 Å². The number of ether oxygens (including phenoxy) is 1. The number of methoxy groups -OCH3 is 1. The van der Waals surface area contributed by atoms with Gasteiger partial charge in [-0.3, -0.25) is 4.98 Å². The SMILES string of the molecule is COc1cc(C)ccc1NCc1c(CO)cnc(C)c1O. The van der Waals surface area contributed by atoms with Gasteiger partial charge in [0.15, 0.2) is 0 Å². The number of nitrogens with zero attached hydrogens (tertiary/aromatic N) is 1. The van der Waals surface area contributed by atoms with E-state index >= 15 is 0 Å². The van der Waals surface area contributed by atoms with Gasteiger partial charge in [0.1, 0.15) is 11.5 Å². The highest BCUT2D eigenvalue weighted by atomic mass is 16.5. The first-order chi connectivity index (χ1) is 10.1. The van der Waals surface area contributed by atoms with Gasteiger partial charge in [0.2, 0.25) is 0 Å². The lowest BCUT2D eigenvalue weighted by atomic mass is 10.1. The van der Waals surface area contributed by atoms with Crippen molar-refractivity contribution in [1.29, 1.82) is 0 Å². The van der Waals surface area contributed by atoms with Gasteiger partial charge in [-0.1, -0.05) is 6.07 Å². The molecule has 0 radical (unpaired) electrons. The number of hydrogen-bond donors (Lipinski definition) is 3. The average molecular weight is 288 g/mol. The molecule has 112 valence electrons. The van der Waals surface area contributed by atoms with E-state index in [0.717, 1.165) is 17.0 Å². The van der Waals surface area contributed by atoms with Gasteiger partial charge in [0.05, 0.1) is 25.1 Å². The van der Waals surface area contributed by atoms with Crippen LogP contribution in [0, 0.1) is 13.8 Å². The van der Waals surface area contributed by atoms with Crippen LogP contribution in [0.1, 0.15) is 22.4 Å². The van der Waals surface area contributed by atoms with Crippen molar-refractivity contribution in [3.63, 3.8) is 0 Å². The summed E-state index contributed by atoms with van der Waals surface area (Å²) in [6, 6.07) is 5.85. The van der Waals surface area contributed by atoms with Crippen LogP contribution >= 0.6 is 0 Å². The Morgan fingerprint density at radius 1 is 1.29 bits per heavy atom. The molecule has 0 saturated heterocycles. The highest BCUT2D eigenvalue weighted by Crippen LogP contribution is 2.29. The molecule has 0 aliphatic rings. The summed E-state index contributed by atoms with van der Waals surface area (Å²) in [6.07, 6.45) is 1.58. The first kappa shape index (κ1) is 15.1. The Bertz CT molecular complexity index is 642. The summed E-state index contributed by atoms with van der Waals surface area (Å²) in [6.45, 7) is 3.94. The van der Waals surface area contributed by atoms with Gasteiger partial charge in [-0.05, 0) is 31.5 Å². The number of nitrogens with one attached hydrogen (secondary N) is 1. The number of pyridine rings is 1. The molecule has 0 aliphatic carbocycles. The number of anilines is 1. The smallest absolute Gasteiger partial charge is 0.142 e. The molecule has 21 heavy (non-hydrogen) atoms. The number of aromatic hydroxyl groups is 1. The van der Waals surface area contributed by atoms with Crippen LogP contribution in [0.5, 0.6) is 11.5 Å². The minimum atomic E-state index is -0.164. The van der Waals surface area contributed by atoms with Gasteiger partial charge in [0.25, 0.3) is 0 Å². The van der Waals surface area contributed by atoms with E-state index in [1.54, 1.807) is 20.2 Å². The molecule has 0 spiro atoms. The highest BCUT2D eigenvalue weighted by molar-refractivity contribution is 5.58. The normalized spacial score (nSPS) is 10.5. The largest absolute Gasteiger partial charge is 0.506 e. The molecule has 0 aliphatic heterocycles. The van der Waals surface area contributed by atoms with Crippen molar-refractivity contribution in [3.05, 3.63) is 46.8 Å². The Kier molecular flexibility index (Phi) is 4.65. The first-order valence-electron chi connectivity index (χ1n) is 6.72. The van der Waals surface area contributed by atoms with E-state index < -0.39 is 0 Å². The van der Waals surface area contributed by atoms with E-state index in [1.165, 1.54) is 0 Å². The molecule has 1 aromatic heterocycles. The number of rotatable bonds is 5. The third-order valence-corrected chi connectivity index (χ3v) is 3.41. The molecular formula is C16H20N2O3. The number of aromatic nitrogens is 1. The molecule has 2 rings (SSSR count). The average Bonchev–Trinajstić information content (AvgIpc) is 2.49. The summed E-state index contributed by atoms with van der Waals surface area (Å²) in [5, 5.41) is 22.7. The molecule has 0 amide bonds. The van der Waals surface area contributed by atoms with Gasteiger partial charge in [-0.15, -0.1) is 0 Å². The maximum atomic E-state index is 10.1. The van der Waals surface area contributed by atoms with Crippen molar-refractivity contribution in [2.45, 2.75) is 27.0 Å². The van der Waals surface area contributed by atoms with Crippen LogP contribution in [0.25, 0.3) is 0 Å². The Morgan fingerprint density at radius 3 is 2.71 bits per heavy atom. The summed E-state index contributed by atoms with van der Waals surface area (Å²) in [5.74, 6) is 0.853. The number of benzene rings is 1. The van der Waals surface area contributed by atoms with Crippen molar-refractivity contribution in [2.75, 3.05) is 12.4 Å². The molecule has 0 bridgehead atoms. The van der Waals surface area contributed by atoms with Crippen molar-refractivity contribution in [1.82, 2.24) is 4.98 Å². The number of hydrogen-bond acceptors (Lipinski definition) is 5. The molecule has 2 aromatic rings. The highest BCUT2D eigenvalue weighted by Gasteiger charge is 2.12. The maximum Gasteiger partial charge on any atom is 0.142 e. The first-order valence-corrected chi connectivity index (χ1v) is 6.72. The second-order valence-electron chi connectivity index (χ2n) is 4.91. The zero-order valence-corrected chi connectivity index (χ0v) is 12.5. The third kappa shape index (κ3) is 3.25. The molecule has 0 fully saturated rings. The number of aryl methyl sites for hydroxylation is 2. The molecule has 0 saturated carbocycles. The zero-order valence-electron chi connectivity index (χ0n) is 12.5. The second kappa shape index (κ2) is 6.45. The van der Waals surface area contributed by atoms with Crippen LogP contribution in [0.2, 0.25) is 0 Å². The van der Waals surface area contributed by atoms with E-state index in [9.17, 15) is 10.2 Å². The predicted octanol–water partition coefficient (Wildman–Crippen LogP) is 2.52. The minimum absolute atomic E-state index is 0.111. The van der Waals surface area contributed by atoms with Crippen LogP contribution in [-0.4, -0.2) is 22.3 Å². The van der Waals surface area contributed by atoms with E-state index in [1.807, 2.05) is 25.1 Å². The summed E-state index contributed by atoms with van der Waals surface area (Å²) < 4.78 is 5.34. The van der Waals surface area contributed by atoms with Gasteiger partial charge >= 0.3 is 0 Å². The summed E-state index contributed by atoms with van der Waals surface area (Å²) in [7, 11) is 1.62. The van der Waals surface area contributed by atoms with Crippen LogP contribution in [0.4, 0.5) is 5.69 Å². The molecular weight excluding hydrogens is 268 g/mol. The topological polar surface area (TPSA) is 74.6 Å². The third-order valence-electron chi connectivity index (χ3n) is 3.41. The van der Waals surface area contributed by atoms with Crippen LogP contribution < -0.4 is 10.1 Å². The van der Waals surface area contributed by atoms with Crippen molar-refractivity contribution < 1.29 is 14.9 Å². The molecule has 0 atom stereocenters. The lowest BCUT2D eigenvalue weighted by molar-refractivity contribution is 0.279. The lowest BCUT2D eigenvalue weighted by Crippen LogP contribution is -2.06. The van der Waals surface area contributed by atoms with Crippen LogP contribution in [0.15, 0.2) is 24.4 Å². The van der Waals surface area contributed by atoms with Crippen molar-refractivity contribution in [2.24, 2.45) is 0 Å². The molecule has 1 heterocycles. The molecule has 5 heteroatoms. The fourth-order valence-corrected chi connectivity index (χ4v) is 2.15. The fourth-order valence-electron chi connectivity index (χ4n) is 2.15. The van der Waals surface area contributed by atoms with E-state index in [-0.39, 0.29) is 12.4 Å². The number of aliphatic hydroxyl groups is 1. The summed E-state index contributed by atoms with van der Waals surface area (Å²) in [4.78, 5) is 4.05. The van der Waals surface area contributed by atoms with Gasteiger partial charge < -0.3 is 20.3 Å². The molecule has 0 unspecified atom stereocenters. The minimum Gasteiger partial charge on any atom is -0.506 e. The fraction of sp³-hybridized carbons (Fsp3) is 0.312. The van der Waals surface area contributed by atoms with E-state index in [0.29, 0.717) is 23.4 Å². The summed E-state index contributed by atoms with van der Waals surface area (Å²) in [5.41, 5.74) is 3.74. The standard InChI is InChI=1S/C16H20N2O3/c1-10-4-5-14(15(6-10)21-3)18-8-13-12(9-19)7-17-11(2)16(13)20/h4-7,18-20H,8-9H2,1-3H3. The Balaban J connectivity index is 2.26. The van der Waals surface area contributed by atoms with Gasteiger partial charge in [-0.25, -0.2) is 0 Å². The van der Waals surface area contributed by atoms with Gasteiger partial charge in [0, 0.05) is 23.9 Å². The monoisotopic (exact) mass is 288 g/mol. The molecule has 3 N–H and O–H groups in total. The van der Waals surface area contributed by atoms with E-state index in [4.69, 9.17) is 4.74 Å². The number of aliphatic hydroxyl groups excluding tert-OH is 1. The lowest BCUT2D eigenvalue weighted by Gasteiger charge is -2.15. The van der Waals surface area contributed by atoms with Crippen LogP contribution in [-0.2, 0) is 13.2 Å². The van der Waals surface area contributed by atoms with Crippen molar-refractivity contribution in [3.8, 4) is 11.5 Å². The maximum absolute atomic E-state index is 10.1. The van der Waals surface area contributed by atoms with Gasteiger partial charge in [-0.2, -0.15) is 0 Å². The van der Waals surface area contributed by atoms with Crippen LogP contribution in [0.3, 0.4) is 0 Å². The Labute approximate surface area is 124 Å². The molecule has 1 aromatic carbocycles. The quantitative estimate of drug-likeness (QED) is 0.788. The predicted molar refractivity (Wildman–Crippen MR) is 81.6 cm³/mol. The summed E-state index contributed by atoms with van der Waals surface area (Å²) >= 11 is 0. The Morgan fingerprint density at radius 2 is 2.05 bits per heavy atom. The van der Waals surface area contributed by atoms with E-state index in [2.05, 4.69) is 10.3 Å². The molecule has 5 nitrogen and oxygen atoms in total.